The molecule has 0 amide bonds. The summed E-state index contributed by atoms with van der Waals surface area (Å²) in [6.45, 7) is 5.18. The minimum absolute atomic E-state index is 0.147. The van der Waals surface area contributed by atoms with Gasteiger partial charge in [-0.2, -0.15) is 0 Å². The van der Waals surface area contributed by atoms with E-state index in [0.29, 0.717) is 0 Å². The van der Waals surface area contributed by atoms with Crippen molar-refractivity contribution in [1.82, 2.24) is 9.97 Å². The second-order valence-electron chi connectivity index (χ2n) is 4.10. The van der Waals surface area contributed by atoms with Gasteiger partial charge in [-0.05, 0) is 20.8 Å². The summed E-state index contributed by atoms with van der Waals surface area (Å²) in [4.78, 5) is 19.0. The molecule has 1 rings (SSSR count). The van der Waals surface area contributed by atoms with Crippen LogP contribution in [0.15, 0.2) is 12.4 Å². The molecule has 1 heterocycles. The van der Waals surface area contributed by atoms with Gasteiger partial charge >= 0.3 is 5.97 Å². The Morgan fingerprint density at radius 3 is 2.56 bits per heavy atom. The quantitative estimate of drug-likeness (QED) is 0.487. The Kier molecular flexibility index (Phi) is 3.59. The molecular formula is C10H12ClN3O2. The van der Waals surface area contributed by atoms with Gasteiger partial charge < -0.3 is 4.74 Å². The minimum atomic E-state index is -0.734. The number of carbonyl (C=O) groups is 1. The molecule has 1 N–H and O–H groups in total. The maximum Gasteiger partial charge on any atom is 0.359 e. The van der Waals surface area contributed by atoms with Crippen molar-refractivity contribution >= 4 is 23.3 Å². The van der Waals surface area contributed by atoms with Gasteiger partial charge in [0.05, 0.1) is 0 Å². The van der Waals surface area contributed by atoms with E-state index >= 15 is 0 Å². The van der Waals surface area contributed by atoms with E-state index in [1.54, 1.807) is 20.8 Å². The second-order valence-corrected chi connectivity index (χ2v) is 4.49. The first-order valence-electron chi connectivity index (χ1n) is 4.59. The SMILES string of the molecule is CC(C)(C)OC(=O)C(=N)c1cc(Cl)ncn1. The fourth-order valence-electron chi connectivity index (χ4n) is 0.904. The van der Waals surface area contributed by atoms with Gasteiger partial charge in [-0.15, -0.1) is 0 Å². The summed E-state index contributed by atoms with van der Waals surface area (Å²) in [6.07, 6.45) is 1.19. The van der Waals surface area contributed by atoms with Crippen LogP contribution in [0.5, 0.6) is 0 Å². The first-order chi connectivity index (χ1) is 7.29. The van der Waals surface area contributed by atoms with Crippen LogP contribution >= 0.6 is 11.6 Å². The van der Waals surface area contributed by atoms with Crippen LogP contribution in [0.2, 0.25) is 5.15 Å². The lowest BCUT2D eigenvalue weighted by atomic mass is 10.2. The Morgan fingerprint density at radius 2 is 2.06 bits per heavy atom. The number of hydrogen-bond acceptors (Lipinski definition) is 5. The molecule has 1 aromatic rings. The summed E-state index contributed by atoms with van der Waals surface area (Å²) in [5.41, 5.74) is -0.825. The van der Waals surface area contributed by atoms with E-state index in [9.17, 15) is 4.79 Å². The summed E-state index contributed by atoms with van der Waals surface area (Å²) in [5.74, 6) is -0.734. The van der Waals surface area contributed by atoms with Crippen molar-refractivity contribution in [1.29, 1.82) is 5.41 Å². The van der Waals surface area contributed by atoms with Gasteiger partial charge in [0.15, 0.2) is 5.71 Å². The Balaban J connectivity index is 2.83. The largest absolute Gasteiger partial charge is 0.455 e. The normalized spacial score (nSPS) is 11.0. The molecule has 16 heavy (non-hydrogen) atoms. The van der Waals surface area contributed by atoms with E-state index in [-0.39, 0.29) is 16.6 Å². The zero-order chi connectivity index (χ0) is 12.3. The molecule has 0 aliphatic carbocycles. The van der Waals surface area contributed by atoms with Crippen LogP contribution in [0.1, 0.15) is 26.5 Å². The molecule has 0 aliphatic rings. The van der Waals surface area contributed by atoms with Crippen LogP contribution in [0, 0.1) is 5.41 Å². The minimum Gasteiger partial charge on any atom is -0.455 e. The zero-order valence-electron chi connectivity index (χ0n) is 9.24. The Hall–Kier alpha value is -1.49. The second kappa shape index (κ2) is 4.57. The Labute approximate surface area is 98.3 Å². The molecular weight excluding hydrogens is 230 g/mol. The highest BCUT2D eigenvalue weighted by Crippen LogP contribution is 2.10. The van der Waals surface area contributed by atoms with Gasteiger partial charge in [0.1, 0.15) is 22.8 Å². The number of rotatable bonds is 2. The third-order valence-corrected chi connectivity index (χ3v) is 1.70. The molecule has 0 saturated carbocycles. The molecule has 6 heteroatoms. The lowest BCUT2D eigenvalue weighted by Gasteiger charge is -2.19. The summed E-state index contributed by atoms with van der Waals surface area (Å²) in [7, 11) is 0. The fraction of sp³-hybridized carbons (Fsp3) is 0.400. The summed E-state index contributed by atoms with van der Waals surface area (Å²) >= 11 is 5.63. The smallest absolute Gasteiger partial charge is 0.359 e. The van der Waals surface area contributed by atoms with Crippen LogP contribution in [0.3, 0.4) is 0 Å². The average molecular weight is 242 g/mol. The van der Waals surface area contributed by atoms with Crippen LogP contribution in [-0.4, -0.2) is 27.2 Å². The van der Waals surface area contributed by atoms with Crippen LogP contribution in [0.25, 0.3) is 0 Å². The molecule has 1 aromatic heterocycles. The van der Waals surface area contributed by atoms with E-state index < -0.39 is 11.6 Å². The number of hydrogen-bond donors (Lipinski definition) is 1. The first kappa shape index (κ1) is 12.6. The molecule has 5 nitrogen and oxygen atoms in total. The number of halogens is 1. The van der Waals surface area contributed by atoms with Crippen molar-refractivity contribution in [3.05, 3.63) is 23.2 Å². The Morgan fingerprint density at radius 1 is 1.44 bits per heavy atom. The molecule has 0 aliphatic heterocycles. The van der Waals surface area contributed by atoms with Crippen molar-refractivity contribution in [2.75, 3.05) is 0 Å². The van der Waals surface area contributed by atoms with Gasteiger partial charge in [0.25, 0.3) is 0 Å². The van der Waals surface area contributed by atoms with E-state index in [1.807, 2.05) is 0 Å². The highest BCUT2D eigenvalue weighted by molar-refractivity contribution is 6.42. The van der Waals surface area contributed by atoms with Gasteiger partial charge in [-0.1, -0.05) is 11.6 Å². The third-order valence-electron chi connectivity index (χ3n) is 1.49. The number of ether oxygens (including phenoxy) is 1. The van der Waals surface area contributed by atoms with Gasteiger partial charge in [0, 0.05) is 6.07 Å². The lowest BCUT2D eigenvalue weighted by Crippen LogP contribution is -2.29. The highest BCUT2D eigenvalue weighted by atomic mass is 35.5. The van der Waals surface area contributed by atoms with Crippen LogP contribution in [0.4, 0.5) is 0 Å². The maximum atomic E-state index is 11.5. The average Bonchev–Trinajstić information content (AvgIpc) is 2.14. The number of carbonyl (C=O) groups excluding carboxylic acids is 1. The molecule has 0 saturated heterocycles. The first-order valence-corrected chi connectivity index (χ1v) is 4.97. The number of aromatic nitrogens is 2. The predicted octanol–water partition coefficient (Wildman–Crippen LogP) is 1.84. The Bertz CT molecular complexity index is 426. The summed E-state index contributed by atoms with van der Waals surface area (Å²) in [6, 6.07) is 1.34. The number of nitrogens with one attached hydrogen (secondary N) is 1. The van der Waals surface area contributed by atoms with E-state index in [4.69, 9.17) is 21.7 Å². The van der Waals surface area contributed by atoms with E-state index in [0.717, 1.165) is 0 Å². The highest BCUT2D eigenvalue weighted by Gasteiger charge is 2.22. The molecule has 0 fully saturated rings. The van der Waals surface area contributed by atoms with Crippen LogP contribution in [-0.2, 0) is 9.53 Å². The maximum absolute atomic E-state index is 11.5. The molecule has 0 unspecified atom stereocenters. The zero-order valence-corrected chi connectivity index (χ0v) is 10.00. The molecule has 0 atom stereocenters. The standard InChI is InChI=1S/C10H12ClN3O2/c1-10(2,3)16-9(15)8(12)6-4-7(11)14-5-13-6/h4-5,12H,1-3H3. The molecule has 0 spiro atoms. The van der Waals surface area contributed by atoms with Crippen molar-refractivity contribution in [2.24, 2.45) is 0 Å². The molecule has 0 radical (unpaired) electrons. The molecule has 86 valence electrons. The topological polar surface area (TPSA) is 75.9 Å². The van der Waals surface area contributed by atoms with Crippen molar-refractivity contribution in [3.8, 4) is 0 Å². The third kappa shape index (κ3) is 3.58. The molecule has 0 aromatic carbocycles. The van der Waals surface area contributed by atoms with Crippen molar-refractivity contribution < 1.29 is 9.53 Å². The summed E-state index contributed by atoms with van der Waals surface area (Å²) in [5, 5.41) is 7.77. The van der Waals surface area contributed by atoms with E-state index in [1.165, 1.54) is 12.4 Å². The fourth-order valence-corrected chi connectivity index (χ4v) is 1.05. The van der Waals surface area contributed by atoms with Crippen molar-refractivity contribution in [2.45, 2.75) is 26.4 Å². The van der Waals surface area contributed by atoms with Gasteiger partial charge in [-0.3, -0.25) is 5.41 Å². The van der Waals surface area contributed by atoms with Crippen LogP contribution < -0.4 is 0 Å². The summed E-state index contributed by atoms with van der Waals surface area (Å²) < 4.78 is 5.03. The number of esters is 1. The van der Waals surface area contributed by atoms with Gasteiger partial charge in [-0.25, -0.2) is 14.8 Å². The number of nitrogens with zero attached hydrogens (tertiary/aromatic N) is 2. The van der Waals surface area contributed by atoms with E-state index in [2.05, 4.69) is 9.97 Å². The lowest BCUT2D eigenvalue weighted by molar-refractivity contribution is -0.146. The predicted molar refractivity (Wildman–Crippen MR) is 59.7 cm³/mol. The van der Waals surface area contributed by atoms with Crippen molar-refractivity contribution in [3.63, 3.8) is 0 Å². The molecule has 0 bridgehead atoms. The van der Waals surface area contributed by atoms with Gasteiger partial charge in [0.2, 0.25) is 0 Å². The monoisotopic (exact) mass is 241 g/mol.